The van der Waals surface area contributed by atoms with Crippen molar-refractivity contribution in [2.24, 2.45) is 10.7 Å². The summed E-state index contributed by atoms with van der Waals surface area (Å²) in [7, 11) is 0. The molecule has 0 bridgehead atoms. The molecule has 18 heavy (non-hydrogen) atoms. The number of hydrogen-bond donors (Lipinski definition) is 1. The Balaban J connectivity index is 1.74. The molecule has 0 aromatic heterocycles. The number of rotatable bonds is 4. The molecular weight excluding hydrogens is 312 g/mol. The molecule has 0 radical (unpaired) electrons. The van der Waals surface area contributed by atoms with Crippen molar-refractivity contribution in [2.45, 2.75) is 24.7 Å². The van der Waals surface area contributed by atoms with E-state index < -0.39 is 0 Å². The summed E-state index contributed by atoms with van der Waals surface area (Å²) in [6.45, 7) is 1.56. The lowest BCUT2D eigenvalue weighted by Gasteiger charge is -2.06. The van der Waals surface area contributed by atoms with Crippen LogP contribution < -0.4 is 5.73 Å². The molecule has 1 heterocycles. The molecule has 1 aliphatic heterocycles. The van der Waals surface area contributed by atoms with Gasteiger partial charge in [-0.15, -0.1) is 0 Å². The third kappa shape index (κ3) is 4.63. The van der Waals surface area contributed by atoms with Crippen LogP contribution in [0.3, 0.4) is 0 Å². The van der Waals surface area contributed by atoms with Crippen molar-refractivity contribution in [3.8, 4) is 0 Å². The van der Waals surface area contributed by atoms with Crippen LogP contribution in [0.15, 0.2) is 33.7 Å². The Morgan fingerprint density at radius 1 is 1.44 bits per heavy atom. The Labute approximate surface area is 120 Å². The van der Waals surface area contributed by atoms with Gasteiger partial charge < -0.3 is 10.5 Å². The van der Waals surface area contributed by atoms with Gasteiger partial charge in [0.25, 0.3) is 0 Å². The van der Waals surface area contributed by atoms with Crippen LogP contribution in [0, 0.1) is 0 Å². The minimum atomic E-state index is 0.275. The fraction of sp³-hybridized carbons (Fsp3) is 0.462. The highest BCUT2D eigenvalue weighted by atomic mass is 79.9. The highest BCUT2D eigenvalue weighted by molar-refractivity contribution is 9.10. The maximum Gasteiger partial charge on any atom is 0.154 e. The molecule has 1 atom stereocenters. The zero-order chi connectivity index (χ0) is 12.8. The zero-order valence-electron chi connectivity index (χ0n) is 10.1. The summed E-state index contributed by atoms with van der Waals surface area (Å²) in [5, 5.41) is 0.647. The first-order valence-corrected chi connectivity index (χ1v) is 7.80. The van der Waals surface area contributed by atoms with E-state index in [0.717, 1.165) is 29.7 Å². The Morgan fingerprint density at radius 3 is 2.89 bits per heavy atom. The van der Waals surface area contributed by atoms with E-state index in [1.54, 1.807) is 11.8 Å². The number of nitrogens with zero attached hydrogens (tertiary/aromatic N) is 1. The summed E-state index contributed by atoms with van der Waals surface area (Å²) >= 11 is 4.99. The van der Waals surface area contributed by atoms with E-state index in [1.165, 1.54) is 5.56 Å². The van der Waals surface area contributed by atoms with Gasteiger partial charge in [-0.25, -0.2) is 0 Å². The van der Waals surface area contributed by atoms with Crippen LogP contribution in [0.25, 0.3) is 0 Å². The predicted molar refractivity (Wildman–Crippen MR) is 80.9 cm³/mol. The van der Waals surface area contributed by atoms with Crippen LogP contribution in [0.1, 0.15) is 18.4 Å². The largest absolute Gasteiger partial charge is 0.379 e. The lowest BCUT2D eigenvalue weighted by Crippen LogP contribution is -2.14. The van der Waals surface area contributed by atoms with Crippen molar-refractivity contribution in [2.75, 3.05) is 13.2 Å². The summed E-state index contributed by atoms with van der Waals surface area (Å²) in [6.07, 6.45) is 2.53. The Morgan fingerprint density at radius 2 is 2.22 bits per heavy atom. The number of hydrogen-bond acceptors (Lipinski definition) is 3. The topological polar surface area (TPSA) is 47.6 Å². The molecule has 0 saturated carbocycles. The van der Waals surface area contributed by atoms with Crippen molar-refractivity contribution in [3.05, 3.63) is 34.3 Å². The summed E-state index contributed by atoms with van der Waals surface area (Å²) in [5.41, 5.74) is 7.13. The molecule has 1 aromatic rings. The maximum absolute atomic E-state index is 5.88. The number of amidine groups is 1. The Kier molecular flexibility index (Phi) is 5.53. The molecule has 0 amide bonds. The second-order valence-corrected chi connectivity index (χ2v) is 6.14. The van der Waals surface area contributed by atoms with Crippen molar-refractivity contribution in [1.29, 1.82) is 0 Å². The van der Waals surface area contributed by atoms with Gasteiger partial charge in [0.1, 0.15) is 0 Å². The molecule has 5 heteroatoms. The summed E-state index contributed by atoms with van der Waals surface area (Å²) in [6, 6.07) is 8.25. The van der Waals surface area contributed by atoms with Gasteiger partial charge in [0.2, 0.25) is 0 Å². The second kappa shape index (κ2) is 7.16. The number of ether oxygens (including phenoxy) is 1. The Hall–Kier alpha value is -0.520. The quantitative estimate of drug-likeness (QED) is 0.682. The lowest BCUT2D eigenvalue weighted by molar-refractivity contribution is 0.118. The highest BCUT2D eigenvalue weighted by Crippen LogP contribution is 2.17. The van der Waals surface area contributed by atoms with Gasteiger partial charge in [0.05, 0.1) is 12.6 Å². The van der Waals surface area contributed by atoms with Gasteiger partial charge in [-0.05, 0) is 30.5 Å². The number of nitrogens with two attached hydrogens (primary N) is 1. The highest BCUT2D eigenvalue weighted by Gasteiger charge is 2.14. The van der Waals surface area contributed by atoms with Crippen molar-refractivity contribution in [1.82, 2.24) is 0 Å². The van der Waals surface area contributed by atoms with E-state index in [2.05, 4.69) is 33.1 Å². The van der Waals surface area contributed by atoms with Crippen LogP contribution in [0.4, 0.5) is 0 Å². The molecule has 2 N–H and O–H groups in total. The van der Waals surface area contributed by atoms with Gasteiger partial charge in [0.15, 0.2) is 5.17 Å². The third-order valence-electron chi connectivity index (χ3n) is 2.77. The number of halogens is 1. The first kappa shape index (κ1) is 13.9. The van der Waals surface area contributed by atoms with Gasteiger partial charge in [-0.2, -0.15) is 0 Å². The third-order valence-corrected chi connectivity index (χ3v) is 4.21. The van der Waals surface area contributed by atoms with Crippen LogP contribution in [0.5, 0.6) is 0 Å². The fourth-order valence-corrected chi connectivity index (χ4v) is 2.70. The van der Waals surface area contributed by atoms with E-state index in [-0.39, 0.29) is 6.10 Å². The van der Waals surface area contributed by atoms with E-state index in [1.807, 2.05) is 12.1 Å². The van der Waals surface area contributed by atoms with Crippen molar-refractivity contribution >= 4 is 32.9 Å². The molecular formula is C13H17BrN2OS. The predicted octanol–water partition coefficient (Wildman–Crippen LogP) is 3.18. The average Bonchev–Trinajstić information content (AvgIpc) is 2.89. The molecule has 1 fully saturated rings. The average molecular weight is 329 g/mol. The standard InChI is InChI=1S/C13H17BrN2OS/c14-11-5-3-10(4-6-11)9-18-13(15)16-8-12-2-1-7-17-12/h3-6,12H,1-2,7-9H2,(H2,15,16)/t12-/m1/s1. The second-order valence-electron chi connectivity index (χ2n) is 4.23. The minimum absolute atomic E-state index is 0.275. The molecule has 1 aromatic carbocycles. The Bertz CT molecular complexity index is 402. The lowest BCUT2D eigenvalue weighted by atomic mass is 10.2. The van der Waals surface area contributed by atoms with Crippen molar-refractivity contribution < 1.29 is 4.74 Å². The van der Waals surface area contributed by atoms with Gasteiger partial charge in [0, 0.05) is 16.8 Å². The van der Waals surface area contributed by atoms with E-state index in [0.29, 0.717) is 11.7 Å². The van der Waals surface area contributed by atoms with Crippen LogP contribution in [-0.4, -0.2) is 24.4 Å². The van der Waals surface area contributed by atoms with Crippen LogP contribution in [-0.2, 0) is 10.5 Å². The van der Waals surface area contributed by atoms with Crippen LogP contribution >= 0.6 is 27.7 Å². The van der Waals surface area contributed by atoms with Gasteiger partial charge >= 0.3 is 0 Å². The van der Waals surface area contributed by atoms with E-state index in [9.17, 15) is 0 Å². The molecule has 98 valence electrons. The zero-order valence-corrected chi connectivity index (χ0v) is 12.5. The van der Waals surface area contributed by atoms with Gasteiger partial charge in [-0.3, -0.25) is 4.99 Å². The summed E-state index contributed by atoms with van der Waals surface area (Å²) in [5.74, 6) is 0.855. The maximum atomic E-state index is 5.88. The molecule has 2 rings (SSSR count). The molecule has 3 nitrogen and oxygen atoms in total. The normalized spacial score (nSPS) is 20.3. The molecule has 1 aliphatic rings. The fourth-order valence-electron chi connectivity index (χ4n) is 1.76. The summed E-state index contributed by atoms with van der Waals surface area (Å²) < 4.78 is 6.60. The number of thioether (sulfide) groups is 1. The number of aliphatic imine (C=N–C) groups is 1. The minimum Gasteiger partial charge on any atom is -0.379 e. The first-order valence-electron chi connectivity index (χ1n) is 6.03. The smallest absolute Gasteiger partial charge is 0.154 e. The first-order chi connectivity index (χ1) is 8.74. The molecule has 0 spiro atoms. The van der Waals surface area contributed by atoms with Crippen molar-refractivity contribution in [3.63, 3.8) is 0 Å². The van der Waals surface area contributed by atoms with E-state index in [4.69, 9.17) is 10.5 Å². The monoisotopic (exact) mass is 328 g/mol. The van der Waals surface area contributed by atoms with Gasteiger partial charge in [-0.1, -0.05) is 39.8 Å². The molecule has 0 unspecified atom stereocenters. The number of benzene rings is 1. The molecule has 1 saturated heterocycles. The molecule has 0 aliphatic carbocycles. The van der Waals surface area contributed by atoms with E-state index >= 15 is 0 Å². The summed E-state index contributed by atoms with van der Waals surface area (Å²) in [4.78, 5) is 4.36. The SMILES string of the molecule is NC(=NC[C@H]1CCCO1)SCc1ccc(Br)cc1. The van der Waals surface area contributed by atoms with Crippen LogP contribution in [0.2, 0.25) is 0 Å².